The fraction of sp³-hybridized carbons (Fsp3) is 0.385. The van der Waals surface area contributed by atoms with Crippen molar-refractivity contribution in [2.45, 2.75) is 36.4 Å². The Balaban J connectivity index is 2.25. The van der Waals surface area contributed by atoms with Crippen molar-refractivity contribution in [2.75, 3.05) is 6.54 Å². The van der Waals surface area contributed by atoms with E-state index in [1.807, 2.05) is 13.0 Å². The number of hydrogen-bond donors (Lipinski definition) is 2. The van der Waals surface area contributed by atoms with E-state index in [-0.39, 0.29) is 11.9 Å². The number of hydrogen-bond acceptors (Lipinski definition) is 4. The van der Waals surface area contributed by atoms with Crippen molar-refractivity contribution in [1.29, 1.82) is 0 Å². The van der Waals surface area contributed by atoms with Crippen LogP contribution in [0.3, 0.4) is 0 Å². The van der Waals surface area contributed by atoms with Crippen molar-refractivity contribution in [3.63, 3.8) is 0 Å². The number of nitrogens with one attached hydrogen (secondary N) is 2. The SMILES string of the molecule is CCCNC(C)c1cccc(F)c1Sc1ncn[nH]1. The molecule has 0 spiro atoms. The Kier molecular flexibility index (Phi) is 4.93. The molecule has 0 aliphatic carbocycles. The van der Waals surface area contributed by atoms with Crippen molar-refractivity contribution >= 4 is 11.8 Å². The third-order valence-corrected chi connectivity index (χ3v) is 3.78. The van der Waals surface area contributed by atoms with Gasteiger partial charge in [-0.25, -0.2) is 9.37 Å². The maximum Gasteiger partial charge on any atom is 0.188 e. The third-order valence-electron chi connectivity index (χ3n) is 2.76. The van der Waals surface area contributed by atoms with Crippen LogP contribution < -0.4 is 5.32 Å². The largest absolute Gasteiger partial charge is 0.310 e. The lowest BCUT2D eigenvalue weighted by Crippen LogP contribution is -2.20. The molecule has 0 aliphatic heterocycles. The second-order valence-corrected chi connectivity index (χ2v) is 5.23. The summed E-state index contributed by atoms with van der Waals surface area (Å²) in [5.74, 6) is -0.232. The van der Waals surface area contributed by atoms with Crippen LogP contribution in [0.2, 0.25) is 0 Å². The Morgan fingerprint density at radius 3 is 3.00 bits per heavy atom. The van der Waals surface area contributed by atoms with E-state index >= 15 is 0 Å². The normalized spacial score (nSPS) is 12.6. The average Bonchev–Trinajstić information content (AvgIpc) is 2.91. The molecular formula is C13H17FN4S. The van der Waals surface area contributed by atoms with Crippen molar-refractivity contribution in [2.24, 2.45) is 0 Å². The maximum absolute atomic E-state index is 14.0. The zero-order valence-corrected chi connectivity index (χ0v) is 11.8. The summed E-state index contributed by atoms with van der Waals surface area (Å²) in [4.78, 5) is 4.62. The number of H-pyrrole nitrogens is 1. The molecule has 2 rings (SSSR count). The summed E-state index contributed by atoms with van der Waals surface area (Å²) in [5.41, 5.74) is 0.940. The van der Waals surface area contributed by atoms with E-state index in [2.05, 4.69) is 27.4 Å². The van der Waals surface area contributed by atoms with Gasteiger partial charge in [0.2, 0.25) is 0 Å². The first-order valence-corrected chi connectivity index (χ1v) is 7.09. The summed E-state index contributed by atoms with van der Waals surface area (Å²) in [6, 6.07) is 5.24. The molecule has 19 heavy (non-hydrogen) atoms. The lowest BCUT2D eigenvalue weighted by molar-refractivity contribution is 0.543. The molecule has 2 N–H and O–H groups in total. The number of benzene rings is 1. The third kappa shape index (κ3) is 3.54. The van der Waals surface area contributed by atoms with Crippen molar-refractivity contribution in [3.8, 4) is 0 Å². The summed E-state index contributed by atoms with van der Waals surface area (Å²) >= 11 is 1.27. The molecule has 1 heterocycles. The molecule has 102 valence electrons. The van der Waals surface area contributed by atoms with E-state index in [0.717, 1.165) is 18.5 Å². The molecule has 0 amide bonds. The van der Waals surface area contributed by atoms with Gasteiger partial charge >= 0.3 is 0 Å². The quantitative estimate of drug-likeness (QED) is 0.853. The minimum absolute atomic E-state index is 0.0982. The minimum Gasteiger partial charge on any atom is -0.310 e. The van der Waals surface area contributed by atoms with Gasteiger partial charge in [-0.3, -0.25) is 5.10 Å². The summed E-state index contributed by atoms with van der Waals surface area (Å²) in [5, 5.41) is 10.5. The van der Waals surface area contributed by atoms with E-state index in [4.69, 9.17) is 0 Å². The number of nitrogens with zero attached hydrogens (tertiary/aromatic N) is 2. The Bertz CT molecular complexity index is 515. The van der Waals surface area contributed by atoms with Crippen molar-refractivity contribution in [1.82, 2.24) is 20.5 Å². The van der Waals surface area contributed by atoms with Gasteiger partial charge in [0, 0.05) is 6.04 Å². The molecule has 2 aromatic rings. The van der Waals surface area contributed by atoms with Crippen molar-refractivity contribution in [3.05, 3.63) is 35.9 Å². The second kappa shape index (κ2) is 6.68. The first kappa shape index (κ1) is 14.0. The van der Waals surface area contributed by atoms with Crippen LogP contribution in [0.4, 0.5) is 4.39 Å². The summed E-state index contributed by atoms with van der Waals surface area (Å²) in [6.45, 7) is 5.05. The molecule has 0 aliphatic rings. The average molecular weight is 280 g/mol. The van der Waals surface area contributed by atoms with Crippen LogP contribution in [-0.4, -0.2) is 21.7 Å². The van der Waals surface area contributed by atoms with Crippen LogP contribution in [0, 0.1) is 5.82 Å². The standard InChI is InChI=1S/C13H17FN4S/c1-3-7-15-9(2)10-5-4-6-11(14)12(10)19-13-16-8-17-18-13/h4-6,8-9,15H,3,7H2,1-2H3,(H,16,17,18). The first-order chi connectivity index (χ1) is 9.22. The summed E-state index contributed by atoms with van der Waals surface area (Å²) < 4.78 is 14.0. The molecule has 1 atom stereocenters. The Morgan fingerprint density at radius 2 is 2.32 bits per heavy atom. The van der Waals surface area contributed by atoms with Gasteiger partial charge in [0.1, 0.15) is 12.1 Å². The van der Waals surface area contributed by atoms with Gasteiger partial charge in [0.25, 0.3) is 0 Å². The number of rotatable bonds is 6. The smallest absolute Gasteiger partial charge is 0.188 e. The molecule has 4 nitrogen and oxygen atoms in total. The van der Waals surface area contributed by atoms with Gasteiger partial charge in [-0.2, -0.15) is 5.10 Å². The molecule has 0 fully saturated rings. The number of aromatic nitrogens is 3. The lowest BCUT2D eigenvalue weighted by atomic mass is 10.1. The zero-order chi connectivity index (χ0) is 13.7. The highest BCUT2D eigenvalue weighted by Gasteiger charge is 2.16. The van der Waals surface area contributed by atoms with E-state index < -0.39 is 0 Å². The summed E-state index contributed by atoms with van der Waals surface area (Å²) in [6.07, 6.45) is 2.46. The molecule has 0 saturated carbocycles. The topological polar surface area (TPSA) is 53.6 Å². The van der Waals surface area contributed by atoms with Gasteiger partial charge in [0.15, 0.2) is 5.16 Å². The molecule has 1 aromatic carbocycles. The molecule has 1 unspecified atom stereocenters. The van der Waals surface area contributed by atoms with Crippen LogP contribution >= 0.6 is 11.8 Å². The Hall–Kier alpha value is -1.40. The van der Waals surface area contributed by atoms with E-state index in [9.17, 15) is 4.39 Å². The lowest BCUT2D eigenvalue weighted by Gasteiger charge is -2.17. The molecular weight excluding hydrogens is 263 g/mol. The van der Waals surface area contributed by atoms with Crippen LogP contribution in [0.25, 0.3) is 0 Å². The fourth-order valence-corrected chi connectivity index (χ4v) is 2.70. The van der Waals surface area contributed by atoms with E-state index in [0.29, 0.717) is 10.1 Å². The Morgan fingerprint density at radius 1 is 1.47 bits per heavy atom. The molecule has 0 bridgehead atoms. The maximum atomic E-state index is 14.0. The second-order valence-electron chi connectivity index (χ2n) is 4.23. The molecule has 0 saturated heterocycles. The van der Waals surface area contributed by atoms with E-state index in [1.165, 1.54) is 24.2 Å². The van der Waals surface area contributed by atoms with Gasteiger partial charge < -0.3 is 5.32 Å². The highest BCUT2D eigenvalue weighted by molar-refractivity contribution is 7.99. The van der Waals surface area contributed by atoms with Crippen molar-refractivity contribution < 1.29 is 4.39 Å². The van der Waals surface area contributed by atoms with Crippen LogP contribution in [0.5, 0.6) is 0 Å². The predicted octanol–water partition coefficient (Wildman–Crippen LogP) is 3.16. The van der Waals surface area contributed by atoms with Gasteiger partial charge in [-0.05, 0) is 43.3 Å². The van der Waals surface area contributed by atoms with Gasteiger partial charge in [0.05, 0.1) is 4.90 Å². The highest BCUT2D eigenvalue weighted by atomic mass is 32.2. The van der Waals surface area contributed by atoms with E-state index in [1.54, 1.807) is 6.07 Å². The minimum atomic E-state index is -0.232. The Labute approximate surface area is 116 Å². The van der Waals surface area contributed by atoms with Gasteiger partial charge in [-0.1, -0.05) is 19.1 Å². The van der Waals surface area contributed by atoms with Gasteiger partial charge in [-0.15, -0.1) is 0 Å². The molecule has 6 heteroatoms. The fourth-order valence-electron chi connectivity index (χ4n) is 1.79. The molecule has 1 aromatic heterocycles. The van der Waals surface area contributed by atoms with Crippen LogP contribution in [0.15, 0.2) is 34.6 Å². The van der Waals surface area contributed by atoms with Crippen LogP contribution in [-0.2, 0) is 0 Å². The van der Waals surface area contributed by atoms with Crippen LogP contribution in [0.1, 0.15) is 31.9 Å². The predicted molar refractivity (Wildman–Crippen MR) is 73.6 cm³/mol. The summed E-state index contributed by atoms with van der Waals surface area (Å²) in [7, 11) is 0. The number of halogens is 1. The first-order valence-electron chi connectivity index (χ1n) is 6.27. The zero-order valence-electron chi connectivity index (χ0n) is 11.0. The monoisotopic (exact) mass is 280 g/mol. The number of aromatic amines is 1. The highest BCUT2D eigenvalue weighted by Crippen LogP contribution is 2.33. The molecule has 0 radical (unpaired) electrons.